The number of pyridine rings is 2. The Bertz CT molecular complexity index is 1560. The maximum atomic E-state index is 9.60. The second-order valence-corrected chi connectivity index (χ2v) is 12.4. The van der Waals surface area contributed by atoms with Crippen LogP contribution in [0, 0.1) is 11.3 Å². The predicted molar refractivity (Wildman–Crippen MR) is 159 cm³/mol. The molecule has 214 valence electrons. The molecule has 0 saturated carbocycles. The molecule has 1 aromatic carbocycles. The van der Waals surface area contributed by atoms with Crippen LogP contribution < -0.4 is 20.7 Å². The Morgan fingerprint density at radius 1 is 1.14 bits per heavy atom. The summed E-state index contributed by atoms with van der Waals surface area (Å²) in [5, 5.41) is 14.1. The topological polar surface area (TPSA) is 99.0 Å². The van der Waals surface area contributed by atoms with E-state index >= 15 is 0 Å². The number of hydrogen-bond donors (Lipinski definition) is 1. The van der Waals surface area contributed by atoms with Crippen LogP contribution in [0.3, 0.4) is 0 Å². The summed E-state index contributed by atoms with van der Waals surface area (Å²) in [4.78, 5) is 16.5. The minimum atomic E-state index is -0.278. The van der Waals surface area contributed by atoms with Gasteiger partial charge in [-0.1, -0.05) is 6.07 Å². The van der Waals surface area contributed by atoms with Gasteiger partial charge in [-0.3, -0.25) is 9.88 Å². The fourth-order valence-electron chi connectivity index (χ4n) is 7.54. The first-order chi connectivity index (χ1) is 20.5. The highest BCUT2D eigenvalue weighted by Gasteiger charge is 2.51. The number of nitrogens with zero attached hydrogens (tertiary/aromatic N) is 6. The molecule has 0 bridgehead atoms. The SMILES string of the molecule is [B]c1ccc2c(N3C[C@H](CN4CC5(C4)OCc4cc(N6C[C@H]7NCCO[C@@H]7C6)ncc45)O[C@H](C)C3)ccc(C#N)c2n1. The monoisotopic (exact) mass is 563 g/mol. The molecule has 0 amide bonds. The summed E-state index contributed by atoms with van der Waals surface area (Å²) in [5.74, 6) is 1.02. The van der Waals surface area contributed by atoms with E-state index in [2.05, 4.69) is 44.1 Å². The molecule has 2 aromatic heterocycles. The van der Waals surface area contributed by atoms with Gasteiger partial charge in [0.2, 0.25) is 0 Å². The molecule has 4 fully saturated rings. The van der Waals surface area contributed by atoms with Crippen LogP contribution >= 0.6 is 0 Å². The second kappa shape index (κ2) is 10.2. The maximum Gasteiger partial charge on any atom is 0.141 e. The number of hydrogen-bond acceptors (Lipinski definition) is 10. The molecule has 8 rings (SSSR count). The summed E-state index contributed by atoms with van der Waals surface area (Å²) >= 11 is 0. The lowest BCUT2D eigenvalue weighted by Gasteiger charge is -2.49. The molecule has 3 aromatic rings. The second-order valence-electron chi connectivity index (χ2n) is 12.4. The third-order valence-electron chi connectivity index (χ3n) is 9.46. The van der Waals surface area contributed by atoms with E-state index in [0.717, 1.165) is 75.9 Å². The van der Waals surface area contributed by atoms with Gasteiger partial charge in [-0.05, 0) is 42.3 Å². The fourth-order valence-corrected chi connectivity index (χ4v) is 7.54. The molecule has 0 aliphatic carbocycles. The number of nitriles is 1. The number of aromatic nitrogens is 2. The first kappa shape index (κ1) is 26.4. The third-order valence-corrected chi connectivity index (χ3v) is 9.46. The molecule has 42 heavy (non-hydrogen) atoms. The molecule has 4 saturated heterocycles. The van der Waals surface area contributed by atoms with E-state index in [1.54, 1.807) is 6.07 Å². The Balaban J connectivity index is 0.940. The van der Waals surface area contributed by atoms with Crippen molar-refractivity contribution in [3.63, 3.8) is 0 Å². The lowest BCUT2D eigenvalue weighted by Crippen LogP contribution is -2.62. The van der Waals surface area contributed by atoms with Gasteiger partial charge < -0.3 is 29.3 Å². The Hall–Kier alpha value is -3.27. The van der Waals surface area contributed by atoms with Gasteiger partial charge in [0.25, 0.3) is 0 Å². The average Bonchev–Trinajstić information content (AvgIpc) is 3.58. The number of ether oxygens (including phenoxy) is 3. The normalized spacial score (nSPS) is 28.5. The molecule has 2 radical (unpaired) electrons. The van der Waals surface area contributed by atoms with Crippen molar-refractivity contribution >= 4 is 35.8 Å². The van der Waals surface area contributed by atoms with Gasteiger partial charge in [0, 0.05) is 75.2 Å². The number of likely N-dealkylation sites (tertiary alicyclic amines) is 1. The summed E-state index contributed by atoms with van der Waals surface area (Å²) in [6.45, 7) is 10.3. The number of anilines is 2. The number of morpholine rings is 2. The van der Waals surface area contributed by atoms with Crippen LogP contribution in [0.5, 0.6) is 0 Å². The zero-order valence-corrected chi connectivity index (χ0v) is 23.8. The molecule has 4 atom stereocenters. The molecule has 1 spiro atoms. The van der Waals surface area contributed by atoms with E-state index in [0.29, 0.717) is 29.3 Å². The predicted octanol–water partition coefficient (Wildman–Crippen LogP) is 0.807. The third kappa shape index (κ3) is 4.44. The molecule has 1 N–H and O–H groups in total. The lowest BCUT2D eigenvalue weighted by atomic mass is 9.86. The van der Waals surface area contributed by atoms with Crippen molar-refractivity contribution in [1.82, 2.24) is 20.2 Å². The first-order valence-electron chi connectivity index (χ1n) is 14.9. The summed E-state index contributed by atoms with van der Waals surface area (Å²) in [6, 6.07) is 12.5. The van der Waals surface area contributed by atoms with Gasteiger partial charge in [-0.15, -0.1) is 0 Å². The van der Waals surface area contributed by atoms with Crippen LogP contribution in [0.4, 0.5) is 11.5 Å². The van der Waals surface area contributed by atoms with Crippen molar-refractivity contribution in [3.8, 4) is 6.07 Å². The largest absolute Gasteiger partial charge is 0.373 e. The van der Waals surface area contributed by atoms with Gasteiger partial charge in [-0.2, -0.15) is 5.26 Å². The minimum absolute atomic E-state index is 0.0504. The molecule has 5 aliphatic rings. The van der Waals surface area contributed by atoms with Crippen molar-refractivity contribution in [2.75, 3.05) is 68.8 Å². The van der Waals surface area contributed by atoms with Crippen LogP contribution in [0.25, 0.3) is 10.9 Å². The molecule has 5 aliphatic heterocycles. The van der Waals surface area contributed by atoms with Gasteiger partial charge >= 0.3 is 0 Å². The van der Waals surface area contributed by atoms with E-state index in [4.69, 9.17) is 27.0 Å². The number of nitrogens with one attached hydrogen (secondary N) is 1. The molecule has 11 heteroatoms. The van der Waals surface area contributed by atoms with E-state index in [9.17, 15) is 5.26 Å². The number of rotatable bonds is 4. The zero-order valence-electron chi connectivity index (χ0n) is 23.8. The molecular weight excluding hydrogens is 529 g/mol. The van der Waals surface area contributed by atoms with Crippen LogP contribution in [0.2, 0.25) is 0 Å². The van der Waals surface area contributed by atoms with Crippen molar-refractivity contribution in [2.45, 2.75) is 43.5 Å². The molecule has 7 heterocycles. The molecule has 0 unspecified atom stereocenters. The number of benzene rings is 1. The smallest absolute Gasteiger partial charge is 0.141 e. The van der Waals surface area contributed by atoms with Gasteiger partial charge in [0.1, 0.15) is 25.3 Å². The highest BCUT2D eigenvalue weighted by atomic mass is 16.5. The quantitative estimate of drug-likeness (QED) is 0.460. The van der Waals surface area contributed by atoms with Crippen LogP contribution in [0.1, 0.15) is 23.6 Å². The Kier molecular flexibility index (Phi) is 6.39. The van der Waals surface area contributed by atoms with Crippen LogP contribution in [-0.2, 0) is 26.4 Å². The average molecular weight is 563 g/mol. The van der Waals surface area contributed by atoms with Crippen molar-refractivity contribution in [1.29, 1.82) is 5.26 Å². The van der Waals surface area contributed by atoms with Crippen molar-refractivity contribution in [2.24, 2.45) is 0 Å². The maximum absolute atomic E-state index is 9.60. The Morgan fingerprint density at radius 2 is 2.05 bits per heavy atom. The summed E-state index contributed by atoms with van der Waals surface area (Å²) in [5.41, 5.74) is 4.86. The Morgan fingerprint density at radius 3 is 2.90 bits per heavy atom. The lowest BCUT2D eigenvalue weighted by molar-refractivity contribution is -0.155. The van der Waals surface area contributed by atoms with E-state index in [1.165, 1.54) is 11.1 Å². The van der Waals surface area contributed by atoms with Gasteiger partial charge in [-0.25, -0.2) is 4.98 Å². The van der Waals surface area contributed by atoms with Crippen molar-refractivity contribution < 1.29 is 14.2 Å². The highest BCUT2D eigenvalue weighted by molar-refractivity contribution is 6.31. The number of fused-ring (bicyclic) bond motifs is 4. The van der Waals surface area contributed by atoms with Crippen molar-refractivity contribution in [3.05, 3.63) is 53.2 Å². The molecular formula is C31H34BN7O3. The van der Waals surface area contributed by atoms with Gasteiger partial charge in [0.15, 0.2) is 0 Å². The molecule has 10 nitrogen and oxygen atoms in total. The fraction of sp³-hybridized carbons (Fsp3) is 0.516. The Labute approximate surface area is 246 Å². The van der Waals surface area contributed by atoms with E-state index < -0.39 is 0 Å². The summed E-state index contributed by atoms with van der Waals surface area (Å²) in [6.07, 6.45) is 2.41. The minimum Gasteiger partial charge on any atom is -0.373 e. The summed E-state index contributed by atoms with van der Waals surface area (Å²) < 4.78 is 18.8. The van der Waals surface area contributed by atoms with Gasteiger partial charge in [0.05, 0.1) is 48.6 Å². The van der Waals surface area contributed by atoms with Crippen LogP contribution in [-0.4, -0.2) is 106 Å². The summed E-state index contributed by atoms with van der Waals surface area (Å²) in [7, 11) is 5.95. The zero-order chi connectivity index (χ0) is 28.4. The first-order valence-corrected chi connectivity index (χ1v) is 14.9. The van der Waals surface area contributed by atoms with E-state index in [-0.39, 0.29) is 23.9 Å². The highest BCUT2D eigenvalue weighted by Crippen LogP contribution is 2.44. The standard InChI is InChI=1S/C31H34BN7O3/c1-19-11-38(26-4-2-20(9-33)30-23(26)3-5-28(32)36-30)13-22(42-19)12-37-17-31(18-37)24-10-35-29(8-21(24)16-41-31)39-14-25-27(15-39)40-7-6-34-25/h2-5,8,10,19,22,25,27,34H,6-7,11-18H2,1H3/t19-,22+,25-,27-/m1/s1. The van der Waals surface area contributed by atoms with E-state index in [1.807, 2.05) is 24.4 Å². The van der Waals surface area contributed by atoms with Crippen LogP contribution in [0.15, 0.2) is 36.5 Å².